The summed E-state index contributed by atoms with van der Waals surface area (Å²) in [5, 5.41) is 8.44. The van der Waals surface area contributed by atoms with Crippen LogP contribution in [0.5, 0.6) is 0 Å². The van der Waals surface area contributed by atoms with Gasteiger partial charge in [0, 0.05) is 32.7 Å². The van der Waals surface area contributed by atoms with Gasteiger partial charge in [0.1, 0.15) is 0 Å². The van der Waals surface area contributed by atoms with Gasteiger partial charge >= 0.3 is 0 Å². The first-order valence-corrected chi connectivity index (χ1v) is 2.28. The molecule has 0 aromatic rings. The Morgan fingerprint density at radius 1 is 1.71 bits per heavy atom. The van der Waals surface area contributed by atoms with Crippen molar-refractivity contribution in [3.8, 4) is 0 Å². The first-order valence-electron chi connectivity index (χ1n) is 2.28. The summed E-state index contributed by atoms with van der Waals surface area (Å²) in [5.74, 6) is 0. The fourth-order valence-corrected chi connectivity index (χ4v) is 0.333. The van der Waals surface area contributed by atoms with Crippen LogP contribution < -0.4 is 0 Å². The third-order valence-electron chi connectivity index (χ3n) is 0.622. The molecule has 0 fully saturated rings. The maximum atomic E-state index is 8.44. The van der Waals surface area contributed by atoms with E-state index in [1.165, 1.54) is 0 Å². The molecular formula is C5H11OY-. The summed E-state index contributed by atoms with van der Waals surface area (Å²) in [5.41, 5.74) is 0. The molecule has 0 aromatic heterocycles. The summed E-state index contributed by atoms with van der Waals surface area (Å²) in [6, 6.07) is 0. The molecule has 41 valence electrons. The minimum absolute atomic E-state index is 0. The predicted octanol–water partition coefficient (Wildman–Crippen LogP) is 0.979. The molecule has 0 aliphatic carbocycles. The Morgan fingerprint density at radius 3 is 2.14 bits per heavy atom. The molecule has 2 heteroatoms. The standard InChI is InChI=1S/C5H11O.Y/c1-3-4-5(2)6;/h5-6H,2-4H2,1H3;/q-1;. The second-order valence-electron chi connectivity index (χ2n) is 1.44. The van der Waals surface area contributed by atoms with Gasteiger partial charge in [-0.3, -0.25) is 0 Å². The summed E-state index contributed by atoms with van der Waals surface area (Å²) in [7, 11) is 0. The average molecular weight is 176 g/mol. The van der Waals surface area contributed by atoms with Gasteiger partial charge < -0.3 is 12.0 Å². The Labute approximate surface area is 70.4 Å². The maximum Gasteiger partial charge on any atom is 0 e. The van der Waals surface area contributed by atoms with E-state index in [0.29, 0.717) is 0 Å². The topological polar surface area (TPSA) is 20.2 Å². The van der Waals surface area contributed by atoms with Gasteiger partial charge in [0.05, 0.1) is 0 Å². The van der Waals surface area contributed by atoms with E-state index in [2.05, 4.69) is 6.92 Å². The quantitative estimate of drug-likeness (QED) is 0.621. The van der Waals surface area contributed by atoms with Crippen LogP contribution in [0.25, 0.3) is 0 Å². The van der Waals surface area contributed by atoms with E-state index < -0.39 is 0 Å². The summed E-state index contributed by atoms with van der Waals surface area (Å²) in [4.78, 5) is 0. The first-order chi connectivity index (χ1) is 2.77. The van der Waals surface area contributed by atoms with Crippen molar-refractivity contribution in [1.82, 2.24) is 0 Å². The van der Waals surface area contributed by atoms with Gasteiger partial charge in [-0.25, -0.2) is 0 Å². The van der Waals surface area contributed by atoms with Crippen molar-refractivity contribution in [2.75, 3.05) is 0 Å². The van der Waals surface area contributed by atoms with Crippen molar-refractivity contribution < 1.29 is 37.8 Å². The third-order valence-corrected chi connectivity index (χ3v) is 0.622. The molecule has 0 saturated heterocycles. The second-order valence-corrected chi connectivity index (χ2v) is 1.44. The predicted molar refractivity (Wildman–Crippen MR) is 26.3 cm³/mol. The van der Waals surface area contributed by atoms with Crippen LogP contribution in [0.3, 0.4) is 0 Å². The Morgan fingerprint density at radius 2 is 2.14 bits per heavy atom. The van der Waals surface area contributed by atoms with Crippen molar-refractivity contribution >= 4 is 0 Å². The molecule has 1 radical (unpaired) electrons. The van der Waals surface area contributed by atoms with E-state index in [1.807, 2.05) is 6.92 Å². The maximum absolute atomic E-state index is 8.44. The van der Waals surface area contributed by atoms with Crippen molar-refractivity contribution in [2.45, 2.75) is 25.9 Å². The minimum Gasteiger partial charge on any atom is -0.425 e. The zero-order chi connectivity index (χ0) is 4.99. The van der Waals surface area contributed by atoms with Crippen LogP contribution >= 0.6 is 0 Å². The molecule has 7 heavy (non-hydrogen) atoms. The molecule has 0 aliphatic rings. The molecule has 0 amide bonds. The monoisotopic (exact) mass is 176 g/mol. The van der Waals surface area contributed by atoms with Crippen LogP contribution in [0.15, 0.2) is 0 Å². The van der Waals surface area contributed by atoms with Crippen molar-refractivity contribution in [3.05, 3.63) is 6.92 Å². The van der Waals surface area contributed by atoms with Crippen LogP contribution in [-0.2, 0) is 32.7 Å². The first kappa shape index (κ1) is 10.9. The molecular weight excluding hydrogens is 165 g/mol. The summed E-state index contributed by atoms with van der Waals surface area (Å²) < 4.78 is 0. The molecule has 1 nitrogen and oxygen atoms in total. The van der Waals surface area contributed by atoms with Gasteiger partial charge in [-0.05, 0) is 0 Å². The number of rotatable bonds is 2. The van der Waals surface area contributed by atoms with E-state index in [4.69, 9.17) is 5.11 Å². The number of hydrogen-bond acceptors (Lipinski definition) is 1. The zero-order valence-electron chi connectivity index (χ0n) is 4.72. The smallest absolute Gasteiger partial charge is 0 e. The molecule has 0 bridgehead atoms. The number of aliphatic hydroxyl groups is 1. The van der Waals surface area contributed by atoms with Gasteiger partial charge in [0.15, 0.2) is 0 Å². The molecule has 0 aliphatic heterocycles. The Balaban J connectivity index is 0. The van der Waals surface area contributed by atoms with E-state index >= 15 is 0 Å². The SMILES string of the molecule is [CH2-]C(O)CCC.[Y]. The molecule has 1 atom stereocenters. The van der Waals surface area contributed by atoms with Gasteiger partial charge in [-0.1, -0.05) is 25.9 Å². The Hall–Kier alpha value is 1.06. The van der Waals surface area contributed by atoms with E-state index in [0.717, 1.165) is 12.8 Å². The van der Waals surface area contributed by atoms with Crippen molar-refractivity contribution in [1.29, 1.82) is 0 Å². The molecule has 1 unspecified atom stereocenters. The molecule has 0 saturated carbocycles. The summed E-state index contributed by atoms with van der Waals surface area (Å²) in [6.07, 6.45) is 1.49. The molecule has 0 spiro atoms. The summed E-state index contributed by atoms with van der Waals surface area (Å²) in [6.45, 7) is 5.41. The molecule has 0 rings (SSSR count). The van der Waals surface area contributed by atoms with Crippen molar-refractivity contribution in [3.63, 3.8) is 0 Å². The fourth-order valence-electron chi connectivity index (χ4n) is 0.333. The van der Waals surface area contributed by atoms with Crippen LogP contribution in [0.1, 0.15) is 19.8 Å². The van der Waals surface area contributed by atoms with Gasteiger partial charge in [-0.2, -0.15) is 0 Å². The van der Waals surface area contributed by atoms with Crippen LogP contribution in [0, 0.1) is 6.92 Å². The fraction of sp³-hybridized carbons (Fsp3) is 0.800. The van der Waals surface area contributed by atoms with Crippen molar-refractivity contribution in [2.24, 2.45) is 0 Å². The second kappa shape index (κ2) is 7.06. The largest absolute Gasteiger partial charge is 0.425 e. The number of aliphatic hydroxyl groups excluding tert-OH is 1. The molecule has 0 aromatic carbocycles. The van der Waals surface area contributed by atoms with Gasteiger partial charge in [-0.15, -0.1) is 0 Å². The third kappa shape index (κ3) is 11.0. The van der Waals surface area contributed by atoms with E-state index in [9.17, 15) is 0 Å². The van der Waals surface area contributed by atoms with Gasteiger partial charge in [0.25, 0.3) is 0 Å². The normalized spacial score (nSPS) is 12.4. The Kier molecular flexibility index (Phi) is 11.0. The van der Waals surface area contributed by atoms with E-state index in [1.54, 1.807) is 0 Å². The molecule has 1 N–H and O–H groups in total. The minimum atomic E-state index is -0.352. The van der Waals surface area contributed by atoms with Gasteiger partial charge in [0.2, 0.25) is 0 Å². The number of hydrogen-bond donors (Lipinski definition) is 1. The van der Waals surface area contributed by atoms with Crippen LogP contribution in [-0.4, -0.2) is 11.2 Å². The van der Waals surface area contributed by atoms with E-state index in [-0.39, 0.29) is 38.8 Å². The average Bonchev–Trinajstić information content (AvgIpc) is 1.35. The molecule has 0 heterocycles. The summed E-state index contributed by atoms with van der Waals surface area (Å²) >= 11 is 0. The zero-order valence-corrected chi connectivity index (χ0v) is 7.56. The van der Waals surface area contributed by atoms with Crippen LogP contribution in [0.4, 0.5) is 0 Å². The Bertz CT molecular complexity index is 29.3. The van der Waals surface area contributed by atoms with Crippen LogP contribution in [0.2, 0.25) is 0 Å².